The van der Waals surface area contributed by atoms with E-state index in [2.05, 4.69) is 4.74 Å². The summed E-state index contributed by atoms with van der Waals surface area (Å²) >= 11 is 0. The van der Waals surface area contributed by atoms with Crippen molar-refractivity contribution in [3.63, 3.8) is 0 Å². The Bertz CT molecular complexity index is 247. The number of carbonyl (C=O) groups excluding carboxylic acids is 2. The molecule has 0 spiro atoms. The van der Waals surface area contributed by atoms with E-state index in [-0.39, 0.29) is 5.92 Å². The number of ether oxygens (including phenoxy) is 1. The van der Waals surface area contributed by atoms with E-state index >= 15 is 0 Å². The van der Waals surface area contributed by atoms with Gasteiger partial charge >= 0.3 is 11.9 Å². The molecule has 0 amide bonds. The lowest BCUT2D eigenvalue weighted by Crippen LogP contribution is -2.43. The monoisotopic (exact) mass is 245 g/mol. The third-order valence-electron chi connectivity index (χ3n) is 2.60. The van der Waals surface area contributed by atoms with Crippen LogP contribution in [0, 0.1) is 5.92 Å². The summed E-state index contributed by atoms with van der Waals surface area (Å²) in [5.41, 5.74) is 5.38. The summed E-state index contributed by atoms with van der Waals surface area (Å²) in [6.45, 7) is 5.32. The van der Waals surface area contributed by atoms with Gasteiger partial charge in [-0.3, -0.25) is 4.79 Å². The smallest absolute Gasteiger partial charge is 0.333 e. The molecule has 0 aromatic heterocycles. The maximum atomic E-state index is 11.7. The van der Waals surface area contributed by atoms with E-state index in [1.165, 1.54) is 6.92 Å². The number of hydrogen-bond donors (Lipinski definition) is 2. The molecule has 0 unspecified atom stereocenters. The van der Waals surface area contributed by atoms with Gasteiger partial charge in [-0.05, 0) is 19.8 Å². The molecular weight excluding hydrogens is 222 g/mol. The number of esters is 2. The Morgan fingerprint density at radius 1 is 1.18 bits per heavy atom. The van der Waals surface area contributed by atoms with Crippen molar-refractivity contribution in [2.75, 3.05) is 0 Å². The van der Waals surface area contributed by atoms with Crippen molar-refractivity contribution in [1.29, 1.82) is 0 Å². The van der Waals surface area contributed by atoms with Crippen LogP contribution in [0.2, 0.25) is 0 Å². The van der Waals surface area contributed by atoms with Crippen LogP contribution in [0.1, 0.15) is 46.5 Å². The van der Waals surface area contributed by atoms with Crippen LogP contribution in [-0.2, 0) is 14.3 Å². The summed E-state index contributed by atoms with van der Waals surface area (Å²) in [5, 5.41) is 9.11. The van der Waals surface area contributed by atoms with Gasteiger partial charge in [-0.15, -0.1) is 0 Å². The third-order valence-corrected chi connectivity index (χ3v) is 2.60. The fourth-order valence-electron chi connectivity index (χ4n) is 1.52. The van der Waals surface area contributed by atoms with Crippen LogP contribution in [0.25, 0.3) is 0 Å². The van der Waals surface area contributed by atoms with Gasteiger partial charge in [0.05, 0.1) is 12.0 Å². The minimum absolute atomic E-state index is 0.254. The number of aliphatic hydroxyl groups is 1. The number of carbonyl (C=O) groups is 2. The predicted octanol–water partition coefficient (Wildman–Crippen LogP) is 0.981. The van der Waals surface area contributed by atoms with Crippen LogP contribution in [0.4, 0.5) is 0 Å². The van der Waals surface area contributed by atoms with Gasteiger partial charge in [-0.1, -0.05) is 26.7 Å². The summed E-state index contributed by atoms with van der Waals surface area (Å²) in [6, 6.07) is -1.16. The Balaban J connectivity index is 4.34. The molecule has 100 valence electrons. The molecule has 0 aromatic rings. The number of aliphatic hydroxyl groups excluding tert-OH is 1. The third kappa shape index (κ3) is 5.79. The molecule has 0 bridgehead atoms. The van der Waals surface area contributed by atoms with Crippen LogP contribution >= 0.6 is 0 Å². The second-order valence-corrected chi connectivity index (χ2v) is 4.28. The molecule has 3 N–H and O–H groups in total. The highest BCUT2D eigenvalue weighted by Crippen LogP contribution is 2.15. The average molecular weight is 245 g/mol. The van der Waals surface area contributed by atoms with Crippen molar-refractivity contribution in [2.45, 2.75) is 58.6 Å². The normalized spacial score (nSPS) is 14.5. The minimum atomic E-state index is -1.16. The first-order valence-electron chi connectivity index (χ1n) is 6.13. The second kappa shape index (κ2) is 8.20. The first kappa shape index (κ1) is 16.1. The van der Waals surface area contributed by atoms with Gasteiger partial charge in [-0.25, -0.2) is 4.79 Å². The Morgan fingerprint density at radius 2 is 1.65 bits per heavy atom. The van der Waals surface area contributed by atoms with Crippen molar-refractivity contribution in [1.82, 2.24) is 0 Å². The standard InChI is InChI=1S/C12H23NO4/c1-4-6-9(7-5-2)11(15)17-12(16)10(13)8(3)14/h8-10,14H,4-7,13H2,1-3H3/t8-,10+/m1/s1. The molecule has 0 fully saturated rings. The fourth-order valence-corrected chi connectivity index (χ4v) is 1.52. The molecule has 0 heterocycles. The summed E-state index contributed by atoms with van der Waals surface area (Å²) in [6.07, 6.45) is 2.09. The van der Waals surface area contributed by atoms with Crippen molar-refractivity contribution >= 4 is 11.9 Å². The lowest BCUT2D eigenvalue weighted by Gasteiger charge is -2.16. The zero-order chi connectivity index (χ0) is 13.4. The molecule has 0 aliphatic carbocycles. The van der Waals surface area contributed by atoms with Gasteiger partial charge in [0.25, 0.3) is 0 Å². The van der Waals surface area contributed by atoms with Crippen molar-refractivity contribution < 1.29 is 19.4 Å². The average Bonchev–Trinajstić information content (AvgIpc) is 2.27. The van der Waals surface area contributed by atoms with E-state index in [4.69, 9.17) is 10.8 Å². The number of hydrogen-bond acceptors (Lipinski definition) is 5. The quantitative estimate of drug-likeness (QED) is 0.515. The lowest BCUT2D eigenvalue weighted by molar-refractivity contribution is -0.165. The van der Waals surface area contributed by atoms with Crippen molar-refractivity contribution in [3.05, 3.63) is 0 Å². The van der Waals surface area contributed by atoms with E-state index < -0.39 is 24.1 Å². The SMILES string of the molecule is CCCC(CCC)C(=O)OC(=O)[C@@H](N)[C@@H](C)O. The number of nitrogens with two attached hydrogens (primary N) is 1. The van der Waals surface area contributed by atoms with Crippen LogP contribution in [0.5, 0.6) is 0 Å². The van der Waals surface area contributed by atoms with Gasteiger partial charge in [0, 0.05) is 0 Å². The molecule has 5 heteroatoms. The first-order chi connectivity index (χ1) is 7.93. The predicted molar refractivity (Wildman–Crippen MR) is 64.1 cm³/mol. The molecule has 0 aliphatic rings. The zero-order valence-electron chi connectivity index (χ0n) is 10.8. The lowest BCUT2D eigenvalue weighted by atomic mass is 9.98. The Labute approximate surface area is 102 Å². The topological polar surface area (TPSA) is 89.6 Å². The largest absolute Gasteiger partial charge is 0.392 e. The second-order valence-electron chi connectivity index (χ2n) is 4.28. The van der Waals surface area contributed by atoms with Gasteiger partial charge in [0.1, 0.15) is 6.04 Å². The molecule has 0 radical (unpaired) electrons. The molecule has 17 heavy (non-hydrogen) atoms. The molecular formula is C12H23NO4. The van der Waals surface area contributed by atoms with Crippen LogP contribution in [0.3, 0.4) is 0 Å². The van der Waals surface area contributed by atoms with E-state index in [0.717, 1.165) is 12.8 Å². The van der Waals surface area contributed by atoms with Crippen molar-refractivity contribution in [3.8, 4) is 0 Å². The Kier molecular flexibility index (Phi) is 7.74. The van der Waals surface area contributed by atoms with E-state index in [1.54, 1.807) is 0 Å². The summed E-state index contributed by atoms with van der Waals surface area (Å²) in [5.74, 6) is -1.65. The van der Waals surface area contributed by atoms with Gasteiger partial charge in [0.15, 0.2) is 0 Å². The summed E-state index contributed by atoms with van der Waals surface area (Å²) in [7, 11) is 0. The summed E-state index contributed by atoms with van der Waals surface area (Å²) in [4.78, 5) is 23.1. The van der Waals surface area contributed by atoms with Gasteiger partial charge in [-0.2, -0.15) is 0 Å². The number of rotatable bonds is 7. The highest BCUT2D eigenvalue weighted by Gasteiger charge is 2.26. The van der Waals surface area contributed by atoms with Crippen molar-refractivity contribution in [2.24, 2.45) is 11.7 Å². The highest BCUT2D eigenvalue weighted by atomic mass is 16.6. The Morgan fingerprint density at radius 3 is 2.00 bits per heavy atom. The van der Waals surface area contributed by atoms with E-state index in [1.807, 2.05) is 13.8 Å². The van der Waals surface area contributed by atoms with Crippen LogP contribution < -0.4 is 5.73 Å². The molecule has 2 atom stereocenters. The first-order valence-corrected chi connectivity index (χ1v) is 6.13. The fraction of sp³-hybridized carbons (Fsp3) is 0.833. The Hall–Kier alpha value is -0.940. The minimum Gasteiger partial charge on any atom is -0.392 e. The molecule has 0 saturated carbocycles. The van der Waals surface area contributed by atoms with Gasteiger partial charge < -0.3 is 15.6 Å². The van der Waals surface area contributed by atoms with Crippen LogP contribution in [-0.4, -0.2) is 29.2 Å². The zero-order valence-corrected chi connectivity index (χ0v) is 10.8. The molecule has 0 rings (SSSR count). The summed E-state index contributed by atoms with van der Waals surface area (Å²) < 4.78 is 4.68. The molecule has 0 aromatic carbocycles. The molecule has 5 nitrogen and oxygen atoms in total. The molecule has 0 aliphatic heterocycles. The highest BCUT2D eigenvalue weighted by molar-refractivity contribution is 5.89. The van der Waals surface area contributed by atoms with E-state index in [9.17, 15) is 9.59 Å². The van der Waals surface area contributed by atoms with Crippen LogP contribution in [0.15, 0.2) is 0 Å². The van der Waals surface area contributed by atoms with E-state index in [0.29, 0.717) is 12.8 Å². The maximum Gasteiger partial charge on any atom is 0.333 e. The van der Waals surface area contributed by atoms with Gasteiger partial charge in [0.2, 0.25) is 0 Å². The maximum absolute atomic E-state index is 11.7. The molecule has 0 saturated heterocycles.